The first-order chi connectivity index (χ1) is 16.9. The van der Waals surface area contributed by atoms with E-state index in [1.807, 2.05) is 13.8 Å². The SMILES string of the molecule is CC(C)CC(NC(=O)C(N)Cc1cnc[nH]1)C(=O)NC(CCCCN)C(=O)NC(CC(=O)O)C(=O)O. The van der Waals surface area contributed by atoms with E-state index in [9.17, 15) is 29.1 Å². The van der Waals surface area contributed by atoms with E-state index < -0.39 is 60.2 Å². The molecule has 0 aliphatic carbocycles. The Morgan fingerprint density at radius 1 is 0.972 bits per heavy atom. The van der Waals surface area contributed by atoms with E-state index in [-0.39, 0.29) is 25.2 Å². The molecule has 0 bridgehead atoms. The van der Waals surface area contributed by atoms with Crippen LogP contribution in [0.25, 0.3) is 0 Å². The van der Waals surface area contributed by atoms with Gasteiger partial charge in [-0.1, -0.05) is 13.8 Å². The molecule has 4 atom stereocenters. The molecule has 1 heterocycles. The number of unbranched alkanes of at least 4 members (excludes halogenated alkanes) is 1. The van der Waals surface area contributed by atoms with Crippen LogP contribution in [-0.2, 0) is 30.4 Å². The largest absolute Gasteiger partial charge is 0.481 e. The van der Waals surface area contributed by atoms with Gasteiger partial charge in [-0.05, 0) is 38.1 Å². The van der Waals surface area contributed by atoms with Crippen molar-refractivity contribution in [2.75, 3.05) is 6.54 Å². The van der Waals surface area contributed by atoms with Crippen LogP contribution in [0.3, 0.4) is 0 Å². The molecule has 0 aliphatic heterocycles. The summed E-state index contributed by atoms with van der Waals surface area (Å²) in [6, 6.07) is -4.80. The maximum atomic E-state index is 13.1. The number of amides is 3. The number of nitrogens with two attached hydrogens (primary N) is 2. The second kappa shape index (κ2) is 15.5. The van der Waals surface area contributed by atoms with Crippen molar-refractivity contribution in [3.63, 3.8) is 0 Å². The lowest BCUT2D eigenvalue weighted by molar-refractivity contribution is -0.147. The molecule has 0 radical (unpaired) electrons. The van der Waals surface area contributed by atoms with E-state index in [0.717, 1.165) is 0 Å². The van der Waals surface area contributed by atoms with Gasteiger partial charge in [-0.3, -0.25) is 19.2 Å². The van der Waals surface area contributed by atoms with Gasteiger partial charge in [0, 0.05) is 18.3 Å². The Balaban J connectivity index is 2.95. The van der Waals surface area contributed by atoms with E-state index in [2.05, 4.69) is 25.9 Å². The van der Waals surface area contributed by atoms with Gasteiger partial charge >= 0.3 is 11.9 Å². The molecule has 1 aromatic rings. The number of hydrogen-bond donors (Lipinski definition) is 8. The number of carboxylic acid groups (broad SMARTS) is 2. The van der Waals surface area contributed by atoms with Crippen LogP contribution in [0.4, 0.5) is 0 Å². The lowest BCUT2D eigenvalue weighted by atomic mass is 10.0. The third-order valence-electron chi connectivity index (χ3n) is 5.24. The van der Waals surface area contributed by atoms with Gasteiger partial charge in [-0.2, -0.15) is 0 Å². The fourth-order valence-corrected chi connectivity index (χ4v) is 3.39. The minimum absolute atomic E-state index is 0.00126. The molecule has 202 valence electrons. The maximum Gasteiger partial charge on any atom is 0.326 e. The van der Waals surface area contributed by atoms with Gasteiger partial charge in [-0.25, -0.2) is 9.78 Å². The van der Waals surface area contributed by atoms with Gasteiger partial charge < -0.3 is 42.6 Å². The molecule has 10 N–H and O–H groups in total. The van der Waals surface area contributed by atoms with Crippen LogP contribution in [0.5, 0.6) is 0 Å². The number of nitrogens with zero attached hydrogens (tertiary/aromatic N) is 1. The van der Waals surface area contributed by atoms with Gasteiger partial charge in [0.2, 0.25) is 17.7 Å². The summed E-state index contributed by atoms with van der Waals surface area (Å²) in [6.45, 7) is 4.05. The van der Waals surface area contributed by atoms with Crippen LogP contribution < -0.4 is 27.4 Å². The molecule has 0 aliphatic rings. The van der Waals surface area contributed by atoms with Crippen molar-refractivity contribution in [1.82, 2.24) is 25.9 Å². The predicted octanol–water partition coefficient (Wildman–Crippen LogP) is -1.53. The Bertz CT molecular complexity index is 876. The molecular weight excluding hydrogens is 474 g/mol. The molecule has 0 spiro atoms. The summed E-state index contributed by atoms with van der Waals surface area (Å²) in [4.78, 5) is 67.6. The van der Waals surface area contributed by atoms with E-state index in [1.54, 1.807) is 0 Å². The lowest BCUT2D eigenvalue weighted by Crippen LogP contribution is -2.57. The third kappa shape index (κ3) is 11.3. The number of imidazole rings is 1. The van der Waals surface area contributed by atoms with Crippen molar-refractivity contribution in [1.29, 1.82) is 0 Å². The smallest absolute Gasteiger partial charge is 0.326 e. The predicted molar refractivity (Wildman–Crippen MR) is 128 cm³/mol. The Hall–Kier alpha value is -3.52. The lowest BCUT2D eigenvalue weighted by Gasteiger charge is -2.26. The summed E-state index contributed by atoms with van der Waals surface area (Å²) in [7, 11) is 0. The van der Waals surface area contributed by atoms with Crippen LogP contribution in [0, 0.1) is 5.92 Å². The Morgan fingerprint density at radius 2 is 1.58 bits per heavy atom. The zero-order chi connectivity index (χ0) is 27.3. The van der Waals surface area contributed by atoms with Crippen molar-refractivity contribution in [3.05, 3.63) is 18.2 Å². The number of aliphatic carboxylic acids is 2. The normalized spacial score (nSPS) is 14.4. The number of hydrogen-bond acceptors (Lipinski definition) is 8. The molecule has 3 amide bonds. The highest BCUT2D eigenvalue weighted by Crippen LogP contribution is 2.09. The average molecular weight is 512 g/mol. The topological polar surface area (TPSA) is 243 Å². The van der Waals surface area contributed by atoms with Crippen LogP contribution >= 0.6 is 0 Å². The first-order valence-corrected chi connectivity index (χ1v) is 11.7. The number of aromatic nitrogens is 2. The summed E-state index contributed by atoms with van der Waals surface area (Å²) in [5.74, 6) is -4.99. The molecule has 0 aromatic carbocycles. The number of aromatic amines is 1. The summed E-state index contributed by atoms with van der Waals surface area (Å²) in [5, 5.41) is 25.5. The monoisotopic (exact) mass is 511 g/mol. The molecule has 14 nitrogen and oxygen atoms in total. The highest BCUT2D eigenvalue weighted by molar-refractivity contribution is 5.94. The van der Waals surface area contributed by atoms with Crippen molar-refractivity contribution in [2.45, 2.75) is 76.5 Å². The van der Waals surface area contributed by atoms with Crippen molar-refractivity contribution in [3.8, 4) is 0 Å². The zero-order valence-electron chi connectivity index (χ0n) is 20.5. The van der Waals surface area contributed by atoms with Crippen molar-refractivity contribution in [2.24, 2.45) is 17.4 Å². The van der Waals surface area contributed by atoms with E-state index in [4.69, 9.17) is 16.6 Å². The minimum Gasteiger partial charge on any atom is -0.481 e. The van der Waals surface area contributed by atoms with Gasteiger partial charge in [-0.15, -0.1) is 0 Å². The second-order valence-corrected chi connectivity index (χ2v) is 8.92. The molecule has 1 aromatic heterocycles. The number of carbonyl (C=O) groups excluding carboxylic acids is 3. The average Bonchev–Trinajstić information content (AvgIpc) is 3.29. The molecule has 14 heteroatoms. The summed E-state index contributed by atoms with van der Waals surface area (Å²) < 4.78 is 0. The highest BCUT2D eigenvalue weighted by Gasteiger charge is 2.31. The van der Waals surface area contributed by atoms with Crippen molar-refractivity contribution < 1.29 is 34.2 Å². The molecule has 0 saturated carbocycles. The molecule has 36 heavy (non-hydrogen) atoms. The Labute approximate surface area is 209 Å². The summed E-state index contributed by atoms with van der Waals surface area (Å²) >= 11 is 0. The van der Waals surface area contributed by atoms with Gasteiger partial charge in [0.15, 0.2) is 0 Å². The van der Waals surface area contributed by atoms with E-state index >= 15 is 0 Å². The molecule has 0 fully saturated rings. The van der Waals surface area contributed by atoms with Crippen molar-refractivity contribution >= 4 is 29.7 Å². The number of H-pyrrole nitrogens is 1. The number of carboxylic acids is 2. The molecule has 1 rings (SSSR count). The number of carbonyl (C=O) groups is 5. The Kier molecular flexibility index (Phi) is 13.1. The third-order valence-corrected chi connectivity index (χ3v) is 5.24. The highest BCUT2D eigenvalue weighted by atomic mass is 16.4. The Morgan fingerprint density at radius 3 is 2.11 bits per heavy atom. The maximum absolute atomic E-state index is 13.1. The summed E-state index contributed by atoms with van der Waals surface area (Å²) in [5.41, 5.74) is 12.1. The molecule has 4 unspecified atom stereocenters. The molecule has 0 saturated heterocycles. The first kappa shape index (κ1) is 30.5. The quantitative estimate of drug-likeness (QED) is 0.112. The minimum atomic E-state index is -1.67. The zero-order valence-corrected chi connectivity index (χ0v) is 20.5. The van der Waals surface area contributed by atoms with Crippen LogP contribution in [0.2, 0.25) is 0 Å². The van der Waals surface area contributed by atoms with E-state index in [1.165, 1.54) is 12.5 Å². The van der Waals surface area contributed by atoms with Gasteiger partial charge in [0.05, 0.1) is 18.8 Å². The van der Waals surface area contributed by atoms with Gasteiger partial charge in [0.1, 0.15) is 18.1 Å². The second-order valence-electron chi connectivity index (χ2n) is 8.92. The van der Waals surface area contributed by atoms with Gasteiger partial charge in [0.25, 0.3) is 0 Å². The number of rotatable bonds is 17. The molecular formula is C22H37N7O7. The van der Waals surface area contributed by atoms with Crippen LogP contribution in [-0.4, -0.2) is 80.6 Å². The summed E-state index contributed by atoms with van der Waals surface area (Å²) in [6.07, 6.45) is 3.71. The fraction of sp³-hybridized carbons (Fsp3) is 0.636. The first-order valence-electron chi connectivity index (χ1n) is 11.7. The number of nitrogens with one attached hydrogen (secondary N) is 4. The van der Waals surface area contributed by atoms with E-state index in [0.29, 0.717) is 25.1 Å². The fourth-order valence-electron chi connectivity index (χ4n) is 3.39. The standard InChI is InChI=1S/C22H37N7O7/c1-12(2)7-16(28-19(32)14(24)8-13-10-25-11-26-13)21(34)27-15(5-3-4-6-23)20(33)29-17(22(35)36)9-18(30)31/h10-12,14-17H,3-9,23-24H2,1-2H3,(H,25,26)(H,27,34)(H,28,32)(H,29,33)(H,30,31)(H,35,36). The van der Waals surface area contributed by atoms with Crippen LogP contribution in [0.15, 0.2) is 12.5 Å². The van der Waals surface area contributed by atoms with Crippen LogP contribution in [0.1, 0.15) is 51.6 Å².